The van der Waals surface area contributed by atoms with Crippen molar-refractivity contribution < 1.29 is 19.1 Å². The molecule has 1 aliphatic heterocycles. The average Bonchev–Trinajstić information content (AvgIpc) is 4.27. The number of carbonyl (C=O) groups is 2. The number of pyridine rings is 2. The van der Waals surface area contributed by atoms with Crippen LogP contribution in [-0.2, 0) is 16.2 Å². The maximum atomic E-state index is 12.1. The van der Waals surface area contributed by atoms with Gasteiger partial charge in [0.25, 0.3) is 0 Å². The third-order valence-electron chi connectivity index (χ3n) is 10.4. The number of amides is 2. The van der Waals surface area contributed by atoms with Gasteiger partial charge in [-0.05, 0) is 104 Å². The van der Waals surface area contributed by atoms with Gasteiger partial charge in [-0.25, -0.2) is 9.03 Å². The number of ether oxygens (including phenoxy) is 2. The molecule has 0 radical (unpaired) electrons. The highest BCUT2D eigenvalue weighted by Crippen LogP contribution is 2.35. The third-order valence-corrected chi connectivity index (χ3v) is 10.4. The first kappa shape index (κ1) is 41.4. The van der Waals surface area contributed by atoms with Crippen LogP contribution in [0, 0.1) is 11.8 Å². The molecule has 5 heterocycles. The van der Waals surface area contributed by atoms with Crippen molar-refractivity contribution >= 4 is 46.9 Å². The van der Waals surface area contributed by atoms with Gasteiger partial charge >= 0.3 is 0 Å². The number of aliphatic imine (C=N–C) groups is 1. The highest BCUT2D eigenvalue weighted by atomic mass is 16.5. The summed E-state index contributed by atoms with van der Waals surface area (Å²) in [4.78, 5) is 37.5. The molecule has 14 nitrogen and oxygen atoms in total. The molecular weight excluding hydrogens is 781 g/mol. The number of fused-ring (bicyclic) bond motifs is 2. The molecule has 3 N–H and O–H groups in total. The van der Waals surface area contributed by atoms with Crippen LogP contribution >= 0.6 is 0 Å². The van der Waals surface area contributed by atoms with Crippen molar-refractivity contribution in [1.29, 1.82) is 0 Å². The Morgan fingerprint density at radius 3 is 1.85 bits per heavy atom. The van der Waals surface area contributed by atoms with Crippen LogP contribution in [-0.4, -0.2) is 60.9 Å². The van der Waals surface area contributed by atoms with Gasteiger partial charge < -0.3 is 14.8 Å². The molecule has 3 aromatic carbocycles. The summed E-state index contributed by atoms with van der Waals surface area (Å²) < 4.78 is 14.9. The normalized spacial score (nSPS) is 14.1. The van der Waals surface area contributed by atoms with Gasteiger partial charge in [0.1, 0.15) is 6.61 Å². The SMILES string of the molecule is CC.COc1cc(-c2cccn3nc(NC(=O)C4CC4)nc23)ccc1OCc1ccccc1.O=C(Nc1nc2c(-c3ccc(NCC4=CCCC=N4)cc3)cccn2n1)C1CC1. The predicted octanol–water partition coefficient (Wildman–Crippen LogP) is 9.26. The van der Waals surface area contributed by atoms with Gasteiger partial charge in [0.15, 0.2) is 22.8 Å². The van der Waals surface area contributed by atoms with Crippen molar-refractivity contribution in [2.24, 2.45) is 16.8 Å². The minimum absolute atomic E-state index is 0.00954. The van der Waals surface area contributed by atoms with E-state index in [0.29, 0.717) is 35.6 Å². The fraction of sp³-hybridized carbons (Fsp3) is 0.271. The maximum absolute atomic E-state index is 12.1. The molecule has 3 aliphatic rings. The van der Waals surface area contributed by atoms with Gasteiger partial charge in [0.05, 0.1) is 19.4 Å². The number of nitrogens with one attached hydrogen (secondary N) is 3. The van der Waals surface area contributed by atoms with E-state index in [2.05, 4.69) is 71.4 Å². The zero-order valence-corrected chi connectivity index (χ0v) is 35.1. The van der Waals surface area contributed by atoms with E-state index in [1.54, 1.807) is 16.1 Å². The van der Waals surface area contributed by atoms with Crippen LogP contribution in [0.3, 0.4) is 0 Å². The summed E-state index contributed by atoms with van der Waals surface area (Å²) in [7, 11) is 1.62. The fourth-order valence-electron chi connectivity index (χ4n) is 6.81. The molecule has 4 aromatic heterocycles. The van der Waals surface area contributed by atoms with E-state index in [4.69, 9.17) is 9.47 Å². The van der Waals surface area contributed by atoms with Crippen molar-refractivity contribution in [3.8, 4) is 33.8 Å². The molecule has 316 valence electrons. The van der Waals surface area contributed by atoms with Gasteiger partial charge in [0, 0.05) is 47.3 Å². The molecule has 2 fully saturated rings. The van der Waals surface area contributed by atoms with Gasteiger partial charge in [0.2, 0.25) is 23.7 Å². The summed E-state index contributed by atoms with van der Waals surface area (Å²) in [5.74, 6) is 2.19. The first-order chi connectivity index (χ1) is 30.5. The molecule has 7 aromatic rings. The first-order valence-electron chi connectivity index (χ1n) is 21.2. The van der Waals surface area contributed by atoms with Crippen molar-refractivity contribution in [2.45, 2.75) is 59.0 Å². The molecule has 0 atom stereocenters. The van der Waals surface area contributed by atoms with Crippen LogP contribution in [0.5, 0.6) is 11.5 Å². The topological polar surface area (TPSA) is 161 Å². The minimum atomic E-state index is -0.0148. The molecule has 2 aliphatic carbocycles. The van der Waals surface area contributed by atoms with Gasteiger partial charge in [-0.2, -0.15) is 9.97 Å². The second kappa shape index (κ2) is 19.4. The number of methoxy groups -OCH3 is 1. The molecule has 2 saturated carbocycles. The van der Waals surface area contributed by atoms with Crippen molar-refractivity contribution in [3.05, 3.63) is 127 Å². The number of allylic oxidation sites excluding steroid dienone is 1. The third kappa shape index (κ3) is 10.1. The largest absolute Gasteiger partial charge is 0.493 e. The Bertz CT molecular complexity index is 2720. The lowest BCUT2D eigenvalue weighted by Crippen LogP contribution is -2.14. The minimum Gasteiger partial charge on any atom is -0.493 e. The van der Waals surface area contributed by atoms with E-state index >= 15 is 0 Å². The quantitative estimate of drug-likeness (QED) is 0.103. The summed E-state index contributed by atoms with van der Waals surface area (Å²) in [6.45, 7) is 5.18. The van der Waals surface area contributed by atoms with E-state index in [1.165, 1.54) is 0 Å². The van der Waals surface area contributed by atoms with Gasteiger partial charge in [-0.1, -0.05) is 68.5 Å². The second-order valence-electron chi connectivity index (χ2n) is 14.9. The van der Waals surface area contributed by atoms with E-state index in [-0.39, 0.29) is 23.7 Å². The Morgan fingerprint density at radius 1 is 0.694 bits per heavy atom. The average molecular weight is 831 g/mol. The fourth-order valence-corrected chi connectivity index (χ4v) is 6.81. The van der Waals surface area contributed by atoms with Crippen LogP contribution in [0.15, 0.2) is 126 Å². The van der Waals surface area contributed by atoms with E-state index in [1.807, 2.05) is 105 Å². The van der Waals surface area contributed by atoms with Gasteiger partial charge in [-0.15, -0.1) is 10.2 Å². The number of hydrogen-bond donors (Lipinski definition) is 3. The maximum Gasteiger partial charge on any atom is 0.249 e. The monoisotopic (exact) mass is 830 g/mol. The first-order valence-corrected chi connectivity index (χ1v) is 21.2. The zero-order valence-electron chi connectivity index (χ0n) is 35.1. The van der Waals surface area contributed by atoms with Crippen molar-refractivity contribution in [2.75, 3.05) is 29.6 Å². The summed E-state index contributed by atoms with van der Waals surface area (Å²) >= 11 is 0. The Morgan fingerprint density at radius 2 is 1.29 bits per heavy atom. The standard InChI is InChI=1S/C24H22N4O3.C22H22N6O.C2H6/c1-30-21-14-18(11-12-20(21)31-15-16-6-3-2-4-7-16)19-8-5-13-28-22(19)25-24(27-28)26-23(29)17-9-10-17;29-21(16-6-7-16)26-22-25-20-19(5-3-13-28(20)27-22)15-8-10-17(11-9-15)24-14-18-4-1-2-12-23-18;1-2/h2-8,11-14,17H,9-10,15H2,1H3,(H,26,27,29);3-5,8-13,16,24H,1-2,6-7,14H2,(H,26,27,29);1-2H3. The Hall–Kier alpha value is -7.35. The van der Waals surface area contributed by atoms with Crippen molar-refractivity contribution in [3.63, 3.8) is 0 Å². The van der Waals surface area contributed by atoms with E-state index < -0.39 is 0 Å². The summed E-state index contributed by atoms with van der Waals surface area (Å²) in [6.07, 6.45) is 13.7. The summed E-state index contributed by atoms with van der Waals surface area (Å²) in [5, 5.41) is 17.8. The van der Waals surface area contributed by atoms with E-state index in [9.17, 15) is 9.59 Å². The molecule has 10 rings (SSSR count). The number of benzene rings is 3. The van der Waals surface area contributed by atoms with E-state index in [0.717, 1.165) is 89.9 Å². The molecule has 0 unspecified atom stereocenters. The second-order valence-corrected chi connectivity index (χ2v) is 14.9. The predicted molar refractivity (Wildman–Crippen MR) is 243 cm³/mol. The molecule has 0 spiro atoms. The Labute approximate surface area is 360 Å². The smallest absolute Gasteiger partial charge is 0.249 e. The molecule has 14 heteroatoms. The number of carbonyl (C=O) groups excluding carboxylic acids is 2. The lowest BCUT2D eigenvalue weighted by atomic mass is 10.1. The number of aromatic nitrogens is 6. The summed E-state index contributed by atoms with van der Waals surface area (Å²) in [5.41, 5.74) is 8.41. The highest BCUT2D eigenvalue weighted by molar-refractivity contribution is 5.94. The number of rotatable bonds is 13. The Balaban J connectivity index is 0.000000165. The van der Waals surface area contributed by atoms with Crippen molar-refractivity contribution in [1.82, 2.24) is 29.2 Å². The number of anilines is 3. The van der Waals surface area contributed by atoms with Crippen LogP contribution in [0.25, 0.3) is 33.5 Å². The van der Waals surface area contributed by atoms with Crippen LogP contribution in [0.2, 0.25) is 0 Å². The van der Waals surface area contributed by atoms with Crippen LogP contribution in [0.1, 0.15) is 57.9 Å². The highest BCUT2D eigenvalue weighted by Gasteiger charge is 2.31. The molecule has 2 amide bonds. The van der Waals surface area contributed by atoms with Crippen LogP contribution < -0.4 is 25.4 Å². The molecular formula is C48H50N10O4. The molecule has 0 saturated heterocycles. The molecule has 0 bridgehead atoms. The summed E-state index contributed by atoms with van der Waals surface area (Å²) in [6, 6.07) is 31.8. The van der Waals surface area contributed by atoms with Gasteiger partial charge in [-0.3, -0.25) is 25.2 Å². The number of hydrogen-bond acceptors (Lipinski definition) is 10. The lowest BCUT2D eigenvalue weighted by Gasteiger charge is -2.12. The van der Waals surface area contributed by atoms with Crippen LogP contribution in [0.4, 0.5) is 17.6 Å². The number of nitrogens with zero attached hydrogens (tertiary/aromatic N) is 7. The zero-order chi connectivity index (χ0) is 42.8. The Kier molecular flexibility index (Phi) is 12.9. The molecule has 62 heavy (non-hydrogen) atoms. The lowest BCUT2D eigenvalue weighted by molar-refractivity contribution is -0.118.